The molecule has 2 N–H and O–H groups in total. The molecular weight excluding hydrogens is 841 g/mol. The average Bonchev–Trinajstić information content (AvgIpc) is 3.45. The van der Waals surface area contributed by atoms with E-state index < -0.39 is 48.1 Å². The van der Waals surface area contributed by atoms with Crippen molar-refractivity contribution >= 4 is 83.8 Å². The number of rotatable bonds is 14. The molecule has 0 atom stereocenters. The van der Waals surface area contributed by atoms with Crippen LogP contribution in [0.1, 0.15) is 69.1 Å². The van der Waals surface area contributed by atoms with Gasteiger partial charge in [0.05, 0.1) is 36.4 Å². The Hall–Kier alpha value is -2.90. The third-order valence-corrected chi connectivity index (χ3v) is 10.1. The van der Waals surface area contributed by atoms with E-state index in [0.717, 1.165) is 12.1 Å². The number of nitriles is 1. The van der Waals surface area contributed by atoms with Crippen LogP contribution in [0.5, 0.6) is 0 Å². The predicted octanol–water partition coefficient (Wildman–Crippen LogP) is 1.04. The zero-order valence-electron chi connectivity index (χ0n) is 32.3. The first kappa shape index (κ1) is 50.2. The van der Waals surface area contributed by atoms with Gasteiger partial charge >= 0.3 is 59.1 Å². The largest absolute Gasteiger partial charge is 1.00 e. The molecule has 0 aliphatic heterocycles. The van der Waals surface area contributed by atoms with Gasteiger partial charge in [-0.05, 0) is 68.3 Å². The summed E-state index contributed by atoms with van der Waals surface area (Å²) in [5.41, 5.74) is 0.983. The summed E-state index contributed by atoms with van der Waals surface area (Å²) in [5.74, 6) is -1.67. The Bertz CT molecular complexity index is 2410. The quantitative estimate of drug-likeness (QED) is 0.0785. The molecule has 1 heterocycles. The van der Waals surface area contributed by atoms with Crippen molar-refractivity contribution in [3.8, 4) is 11.8 Å². The first-order valence-corrected chi connectivity index (χ1v) is 20.3. The van der Waals surface area contributed by atoms with Gasteiger partial charge < -0.3 is 24.6 Å². The maximum atomic E-state index is 13.0. The molecule has 0 fully saturated rings. The zero-order chi connectivity index (χ0) is 40.9. The van der Waals surface area contributed by atoms with Crippen molar-refractivity contribution in [3.05, 3.63) is 81.5 Å². The van der Waals surface area contributed by atoms with Crippen LogP contribution in [-0.4, -0.2) is 66.4 Å². The second kappa shape index (κ2) is 20.9. The number of unbranched alkanes of at least 4 members (excludes halogenated alkanes) is 1. The van der Waals surface area contributed by atoms with E-state index in [0.29, 0.717) is 30.9 Å². The topological polar surface area (TPSA) is 242 Å². The number of nitrogens with one attached hydrogen (secondary N) is 2. The number of halogens is 2. The average molecular weight is 878 g/mol. The molecule has 16 nitrogen and oxygen atoms in total. The van der Waals surface area contributed by atoms with Gasteiger partial charge in [0.25, 0.3) is 5.91 Å². The Morgan fingerprint density at radius 1 is 0.965 bits per heavy atom. The van der Waals surface area contributed by atoms with Gasteiger partial charge in [0, 0.05) is 48.1 Å². The minimum absolute atomic E-state index is 0. The van der Waals surface area contributed by atoms with Crippen LogP contribution in [0, 0.1) is 11.3 Å². The minimum Gasteiger partial charge on any atom is -0.748 e. The van der Waals surface area contributed by atoms with Crippen LogP contribution in [0.4, 0.5) is 28.6 Å². The Morgan fingerprint density at radius 2 is 1.61 bits per heavy atom. The van der Waals surface area contributed by atoms with Gasteiger partial charge in [-0.25, -0.2) is 21.5 Å². The Morgan fingerprint density at radius 3 is 2.16 bits per heavy atom. The number of azo groups is 1. The number of benzene rings is 3. The molecule has 22 heteroatoms. The molecule has 0 aliphatic rings. The second-order valence-electron chi connectivity index (χ2n) is 13.2. The van der Waals surface area contributed by atoms with Crippen LogP contribution >= 0.6 is 23.2 Å². The monoisotopic (exact) mass is 876 g/mol. The summed E-state index contributed by atoms with van der Waals surface area (Å²) in [4.78, 5) is 26.5. The van der Waals surface area contributed by atoms with Crippen molar-refractivity contribution in [1.29, 1.82) is 5.26 Å². The second-order valence-corrected chi connectivity index (χ2v) is 16.9. The fourth-order valence-corrected chi connectivity index (χ4v) is 7.09. The molecule has 0 saturated carbocycles. The summed E-state index contributed by atoms with van der Waals surface area (Å²) in [6.07, 6.45) is 0.626. The molecule has 0 bridgehead atoms. The summed E-state index contributed by atoms with van der Waals surface area (Å²) in [7, 11) is -9.14. The number of carbonyl (C=O) groups excluding carboxylic acids is 2. The zero-order valence-corrected chi connectivity index (χ0v) is 39.4. The summed E-state index contributed by atoms with van der Waals surface area (Å²) >= 11 is 13.5. The van der Waals surface area contributed by atoms with Gasteiger partial charge in [-0.2, -0.15) is 10.4 Å². The summed E-state index contributed by atoms with van der Waals surface area (Å²) < 4.78 is 68.7. The number of anilines is 3. The van der Waals surface area contributed by atoms with Gasteiger partial charge in [0.15, 0.2) is 5.82 Å². The van der Waals surface area contributed by atoms with Crippen molar-refractivity contribution in [1.82, 2.24) is 9.78 Å². The molecule has 57 heavy (non-hydrogen) atoms. The van der Waals surface area contributed by atoms with Crippen LogP contribution in [0.2, 0.25) is 10.0 Å². The van der Waals surface area contributed by atoms with E-state index in [4.69, 9.17) is 23.2 Å². The molecule has 3 aromatic carbocycles. The molecule has 292 valence electrons. The van der Waals surface area contributed by atoms with Crippen molar-refractivity contribution < 1.29 is 94.6 Å². The Balaban J connectivity index is 0.00000561. The molecule has 0 radical (unpaired) electrons. The van der Waals surface area contributed by atoms with E-state index in [-0.39, 0.29) is 115 Å². The maximum Gasteiger partial charge on any atom is 1.00 e. The summed E-state index contributed by atoms with van der Waals surface area (Å²) in [6.45, 7) is 9.70. The number of carbonyl (C=O) groups is 2. The first-order valence-electron chi connectivity index (χ1n) is 16.5. The molecule has 0 spiro atoms. The van der Waals surface area contributed by atoms with E-state index in [1.54, 1.807) is 18.2 Å². The Labute approximate surface area is 385 Å². The third-order valence-electron chi connectivity index (χ3n) is 7.92. The maximum absolute atomic E-state index is 13.0. The molecule has 0 saturated heterocycles. The number of hydrogen-bond donors (Lipinski definition) is 2. The van der Waals surface area contributed by atoms with E-state index in [1.807, 2.05) is 32.6 Å². The molecule has 2 amide bonds. The van der Waals surface area contributed by atoms with Crippen LogP contribution < -0.4 is 74.6 Å². The van der Waals surface area contributed by atoms with Gasteiger partial charge in [-0.15, -0.1) is 10.2 Å². The van der Waals surface area contributed by atoms with Crippen molar-refractivity contribution in [2.24, 2.45) is 10.2 Å². The van der Waals surface area contributed by atoms with Crippen molar-refractivity contribution in [3.63, 3.8) is 0 Å². The van der Waals surface area contributed by atoms with E-state index in [1.165, 1.54) is 35.9 Å². The molecule has 4 rings (SSSR count). The number of amides is 2. The normalized spacial score (nSPS) is 11.6. The van der Waals surface area contributed by atoms with Gasteiger partial charge in [-0.1, -0.05) is 50.0 Å². The van der Waals surface area contributed by atoms with E-state index >= 15 is 0 Å². The SMILES string of the molecule is CCN(CCCCS(=O)(=O)[O-])c1ccc(N=Nc2c(C#N)c(C(C)(C)C)nn2-c2c(Cl)cc(NC(=O)c3cccc(S(=O)(=O)[O-])c3)cc2Cl)c(NC(C)=O)c1.[Na+].[Na+]. The molecule has 0 aliphatic carbocycles. The van der Waals surface area contributed by atoms with Crippen LogP contribution in [0.3, 0.4) is 0 Å². The Kier molecular flexibility index (Phi) is 18.4. The van der Waals surface area contributed by atoms with Crippen LogP contribution in [0.25, 0.3) is 5.69 Å². The summed E-state index contributed by atoms with van der Waals surface area (Å²) in [6, 6.07) is 14.4. The third kappa shape index (κ3) is 13.6. The number of nitrogens with zero attached hydrogens (tertiary/aromatic N) is 6. The van der Waals surface area contributed by atoms with Gasteiger partial charge in [0.1, 0.15) is 33.1 Å². The molecule has 0 unspecified atom stereocenters. The first-order chi connectivity index (χ1) is 25.6. The number of hydrogen-bond acceptors (Lipinski definition) is 13. The van der Waals surface area contributed by atoms with Crippen molar-refractivity contribution in [2.75, 3.05) is 34.4 Å². The molecular formula is C35H36Cl2N8Na2O8S2. The van der Waals surface area contributed by atoms with Gasteiger partial charge in [-0.3, -0.25) is 9.59 Å². The van der Waals surface area contributed by atoms with E-state index in [2.05, 4.69) is 32.0 Å². The number of aromatic nitrogens is 2. The van der Waals surface area contributed by atoms with Crippen molar-refractivity contribution in [2.45, 2.75) is 57.8 Å². The minimum atomic E-state index is -4.81. The summed E-state index contributed by atoms with van der Waals surface area (Å²) in [5, 5.41) is 29.0. The fourth-order valence-electron chi connectivity index (χ4n) is 5.37. The molecule has 4 aromatic rings. The predicted molar refractivity (Wildman–Crippen MR) is 206 cm³/mol. The van der Waals surface area contributed by atoms with Crippen LogP contribution in [0.15, 0.2) is 69.7 Å². The van der Waals surface area contributed by atoms with Crippen LogP contribution in [-0.2, 0) is 30.4 Å². The van der Waals surface area contributed by atoms with E-state index in [9.17, 15) is 40.8 Å². The molecule has 1 aromatic heterocycles. The standard InChI is InChI=1S/C35H38Cl2N8O8S2.2Na/c1-6-44(14-7-8-15-54(48,49)50)24-12-13-29(30(19-24)39-21(2)46)41-42-33-26(20-38)32(35(3,4)5)43-45(33)31-27(36)17-23(18-28(31)37)40-34(47)22-10-9-11-25(16-22)55(51,52)53;;/h9-13,16-19H,6-8,14-15H2,1-5H3,(H,39,46)(H,40,47)(H,48,49,50)(H,51,52,53);;/q;2*+1/p-2. The van der Waals surface area contributed by atoms with Gasteiger partial charge in [0.2, 0.25) is 5.91 Å². The fraction of sp³-hybridized carbons (Fsp3) is 0.314. The smallest absolute Gasteiger partial charge is 0.748 e.